The molecule has 1 aliphatic carbocycles. The third kappa shape index (κ3) is 4.51. The van der Waals surface area contributed by atoms with E-state index >= 15 is 0 Å². The number of nitrogens with two attached hydrogens (primary N) is 1. The Morgan fingerprint density at radius 1 is 1.32 bits per heavy atom. The number of amides is 1. The first-order chi connectivity index (χ1) is 13.3. The van der Waals surface area contributed by atoms with Gasteiger partial charge in [0.1, 0.15) is 12.6 Å². The van der Waals surface area contributed by atoms with Gasteiger partial charge in [-0.3, -0.25) is 9.59 Å². The van der Waals surface area contributed by atoms with E-state index in [0.717, 1.165) is 15.6 Å². The van der Waals surface area contributed by atoms with Gasteiger partial charge in [0.15, 0.2) is 5.76 Å². The van der Waals surface area contributed by atoms with Crippen molar-refractivity contribution in [1.82, 2.24) is 4.90 Å². The molecule has 2 aliphatic rings. The summed E-state index contributed by atoms with van der Waals surface area (Å²) in [4.78, 5) is 36.6. The third-order valence-electron chi connectivity index (χ3n) is 4.53. The van der Waals surface area contributed by atoms with Crippen LogP contribution in [0.2, 0.25) is 0 Å². The van der Waals surface area contributed by atoms with Crippen molar-refractivity contribution in [2.45, 2.75) is 25.5 Å². The summed E-state index contributed by atoms with van der Waals surface area (Å²) in [6, 6.07) is 6.65. The highest BCUT2D eigenvalue weighted by molar-refractivity contribution is 9.10. The van der Waals surface area contributed by atoms with E-state index in [9.17, 15) is 19.5 Å². The normalized spacial score (nSPS) is 16.7. The Balaban J connectivity index is 1.79. The Labute approximate surface area is 170 Å². The van der Waals surface area contributed by atoms with E-state index in [1.54, 1.807) is 17.2 Å². The van der Waals surface area contributed by atoms with Crippen LogP contribution in [-0.4, -0.2) is 40.3 Å². The largest absolute Gasteiger partial charge is 0.484 e. The van der Waals surface area contributed by atoms with Crippen molar-refractivity contribution in [3.05, 3.63) is 69.6 Å². The number of carbonyl (C=O) groups excluding carboxylic acids is 2. The Hall–Kier alpha value is -2.87. The minimum Gasteiger partial charge on any atom is -0.484 e. The average Bonchev–Trinajstić information content (AvgIpc) is 3.04. The standard InChI is InChI=1S/C20H19BrN2O5/c21-14-3-1-2-12(8-14)11-28-19-15-10-23(9-13(15)4-6-17(19)24)16(20(26)27)5-7-18(22)25/h1-4,6,8-9,16H,5,7,10-11H2,(H2,22,25)(H,26,27). The van der Waals surface area contributed by atoms with E-state index in [2.05, 4.69) is 15.9 Å². The van der Waals surface area contributed by atoms with Gasteiger partial charge in [0.2, 0.25) is 11.7 Å². The van der Waals surface area contributed by atoms with Crippen LogP contribution in [0, 0.1) is 0 Å². The van der Waals surface area contributed by atoms with Crippen molar-refractivity contribution in [3.63, 3.8) is 0 Å². The number of allylic oxidation sites excluding steroid dienone is 2. The molecule has 3 N–H and O–H groups in total. The number of halogens is 1. The SMILES string of the molecule is NC(=O)CCC(C(=O)O)N1C=C2C=CC(=O)C(OCc3cccc(Br)c3)=C2C1. The van der Waals surface area contributed by atoms with E-state index in [0.29, 0.717) is 5.57 Å². The number of fused-ring (bicyclic) bond motifs is 1. The zero-order valence-corrected chi connectivity index (χ0v) is 16.5. The molecule has 146 valence electrons. The van der Waals surface area contributed by atoms with Gasteiger partial charge >= 0.3 is 5.97 Å². The predicted octanol–water partition coefficient (Wildman–Crippen LogP) is 2.28. The molecule has 0 saturated carbocycles. The molecule has 3 rings (SSSR count). The van der Waals surface area contributed by atoms with E-state index in [1.165, 1.54) is 6.08 Å². The number of primary amides is 1. The van der Waals surface area contributed by atoms with Gasteiger partial charge in [-0.15, -0.1) is 0 Å². The number of ketones is 1. The molecule has 1 aromatic carbocycles. The first kappa shape index (κ1) is 19.9. The number of carboxylic acids is 1. The Morgan fingerprint density at radius 3 is 2.79 bits per heavy atom. The molecule has 0 aromatic heterocycles. The fourth-order valence-corrected chi connectivity index (χ4v) is 3.61. The van der Waals surface area contributed by atoms with Crippen molar-refractivity contribution in [2.75, 3.05) is 6.54 Å². The number of aliphatic carboxylic acids is 1. The second-order valence-electron chi connectivity index (χ2n) is 6.54. The Bertz CT molecular complexity index is 919. The first-order valence-electron chi connectivity index (χ1n) is 8.67. The molecule has 0 saturated heterocycles. The summed E-state index contributed by atoms with van der Waals surface area (Å²) >= 11 is 3.40. The Kier molecular flexibility index (Phi) is 5.99. The van der Waals surface area contributed by atoms with Crippen molar-refractivity contribution >= 4 is 33.6 Å². The van der Waals surface area contributed by atoms with Crippen LogP contribution in [0.5, 0.6) is 0 Å². The average molecular weight is 447 g/mol. The van der Waals surface area contributed by atoms with Gasteiger partial charge in [-0.25, -0.2) is 4.79 Å². The molecule has 28 heavy (non-hydrogen) atoms. The van der Waals surface area contributed by atoms with Crippen LogP contribution in [-0.2, 0) is 25.7 Å². The van der Waals surface area contributed by atoms with Crippen molar-refractivity contribution in [1.29, 1.82) is 0 Å². The number of hydrogen-bond acceptors (Lipinski definition) is 5. The number of carbonyl (C=O) groups is 3. The molecule has 0 radical (unpaired) electrons. The lowest BCUT2D eigenvalue weighted by Crippen LogP contribution is -2.37. The highest BCUT2D eigenvalue weighted by atomic mass is 79.9. The first-order valence-corrected chi connectivity index (χ1v) is 9.46. The van der Waals surface area contributed by atoms with Crippen LogP contribution in [0.3, 0.4) is 0 Å². The van der Waals surface area contributed by atoms with Gasteiger partial charge in [0.25, 0.3) is 0 Å². The lowest BCUT2D eigenvalue weighted by Gasteiger charge is -2.24. The molecule has 1 amide bonds. The lowest BCUT2D eigenvalue weighted by molar-refractivity contribution is -0.142. The van der Waals surface area contributed by atoms with Gasteiger partial charge in [0.05, 0.1) is 0 Å². The topological polar surface area (TPSA) is 110 Å². The van der Waals surface area contributed by atoms with Crippen molar-refractivity contribution in [3.8, 4) is 0 Å². The smallest absolute Gasteiger partial charge is 0.326 e. The summed E-state index contributed by atoms with van der Waals surface area (Å²) in [7, 11) is 0. The summed E-state index contributed by atoms with van der Waals surface area (Å²) in [6.45, 7) is 0.435. The van der Waals surface area contributed by atoms with E-state index in [-0.39, 0.29) is 37.5 Å². The summed E-state index contributed by atoms with van der Waals surface area (Å²) < 4.78 is 6.72. The van der Waals surface area contributed by atoms with Crippen LogP contribution in [0.15, 0.2) is 64.0 Å². The number of hydrogen-bond donors (Lipinski definition) is 2. The monoisotopic (exact) mass is 446 g/mol. The van der Waals surface area contributed by atoms with Gasteiger partial charge in [-0.2, -0.15) is 0 Å². The number of benzene rings is 1. The van der Waals surface area contributed by atoms with Crippen LogP contribution in [0.1, 0.15) is 18.4 Å². The zero-order valence-electron chi connectivity index (χ0n) is 14.9. The molecule has 8 heteroatoms. The number of rotatable bonds is 8. The molecule has 1 aromatic rings. The van der Waals surface area contributed by atoms with Gasteiger partial charge in [-0.1, -0.05) is 28.1 Å². The molecule has 1 aliphatic heterocycles. The molecule has 1 atom stereocenters. The fraction of sp³-hybridized carbons (Fsp3) is 0.250. The Morgan fingerprint density at radius 2 is 2.11 bits per heavy atom. The van der Waals surface area contributed by atoms with Crippen molar-refractivity contribution in [2.24, 2.45) is 5.73 Å². The minimum atomic E-state index is -1.05. The number of ether oxygens (including phenoxy) is 1. The van der Waals surface area contributed by atoms with E-state index in [4.69, 9.17) is 10.5 Å². The highest BCUT2D eigenvalue weighted by Crippen LogP contribution is 2.32. The van der Waals surface area contributed by atoms with E-state index < -0.39 is 17.9 Å². The minimum absolute atomic E-state index is 0.0311. The van der Waals surface area contributed by atoms with Crippen LogP contribution in [0.4, 0.5) is 0 Å². The summed E-state index contributed by atoms with van der Waals surface area (Å²) in [5.74, 6) is -1.64. The summed E-state index contributed by atoms with van der Waals surface area (Å²) in [5, 5.41) is 9.52. The second kappa shape index (κ2) is 8.43. The zero-order chi connectivity index (χ0) is 20.3. The maximum atomic E-state index is 12.3. The van der Waals surface area contributed by atoms with Gasteiger partial charge in [0, 0.05) is 29.2 Å². The fourth-order valence-electron chi connectivity index (χ4n) is 3.16. The maximum Gasteiger partial charge on any atom is 0.326 e. The second-order valence-corrected chi connectivity index (χ2v) is 7.46. The third-order valence-corrected chi connectivity index (χ3v) is 5.02. The van der Waals surface area contributed by atoms with Gasteiger partial charge in [-0.05, 0) is 41.8 Å². The molecule has 7 nitrogen and oxygen atoms in total. The van der Waals surface area contributed by atoms with Crippen LogP contribution < -0.4 is 5.73 Å². The van der Waals surface area contributed by atoms with Crippen molar-refractivity contribution < 1.29 is 24.2 Å². The maximum absolute atomic E-state index is 12.3. The molecular weight excluding hydrogens is 428 g/mol. The van der Waals surface area contributed by atoms with Crippen LogP contribution in [0.25, 0.3) is 0 Å². The molecule has 1 unspecified atom stereocenters. The summed E-state index contributed by atoms with van der Waals surface area (Å²) in [6.07, 6.45) is 4.80. The number of carboxylic acid groups (broad SMARTS) is 1. The lowest BCUT2D eigenvalue weighted by atomic mass is 10.00. The molecular formula is C20H19BrN2O5. The molecule has 0 spiro atoms. The number of nitrogens with zero attached hydrogens (tertiary/aromatic N) is 1. The van der Waals surface area contributed by atoms with Gasteiger partial charge < -0.3 is 20.5 Å². The molecule has 0 bridgehead atoms. The highest BCUT2D eigenvalue weighted by Gasteiger charge is 2.33. The van der Waals surface area contributed by atoms with Crippen LogP contribution >= 0.6 is 15.9 Å². The van der Waals surface area contributed by atoms with E-state index in [1.807, 2.05) is 24.3 Å². The quantitative estimate of drug-likeness (QED) is 0.633. The molecule has 0 fully saturated rings. The molecule has 1 heterocycles. The summed E-state index contributed by atoms with van der Waals surface area (Å²) in [5.41, 5.74) is 7.42. The predicted molar refractivity (Wildman–Crippen MR) is 105 cm³/mol.